The molecule has 2 aromatic rings. The smallest absolute Gasteiger partial charge is 0.337 e. The standard InChI is InChI=1S/C15H12ClNO4/c16-12-3-9-1-2-20-14(9)11(4-12)8-21-13-5-10(15(18)19)6-17-7-13/h3-7H,1-2,8H2,(H,18,19). The van der Waals surface area contributed by atoms with Crippen LogP contribution in [0, 0.1) is 0 Å². The third-order valence-electron chi connectivity index (χ3n) is 3.18. The van der Waals surface area contributed by atoms with Crippen LogP contribution in [0.2, 0.25) is 5.02 Å². The number of hydrogen-bond donors (Lipinski definition) is 1. The van der Waals surface area contributed by atoms with E-state index in [1.165, 1.54) is 18.5 Å². The summed E-state index contributed by atoms with van der Waals surface area (Å²) < 4.78 is 11.2. The molecule has 0 fully saturated rings. The summed E-state index contributed by atoms with van der Waals surface area (Å²) >= 11 is 6.08. The first-order valence-electron chi connectivity index (χ1n) is 6.39. The molecule has 1 aliphatic heterocycles. The van der Waals surface area contributed by atoms with Gasteiger partial charge in [-0.1, -0.05) is 11.6 Å². The van der Waals surface area contributed by atoms with Gasteiger partial charge in [-0.15, -0.1) is 0 Å². The molecule has 0 bridgehead atoms. The van der Waals surface area contributed by atoms with Gasteiger partial charge in [-0.3, -0.25) is 4.98 Å². The van der Waals surface area contributed by atoms with Gasteiger partial charge >= 0.3 is 5.97 Å². The summed E-state index contributed by atoms with van der Waals surface area (Å²) in [6, 6.07) is 5.11. The predicted octanol–water partition coefficient (Wildman–Crippen LogP) is 2.95. The predicted molar refractivity (Wildman–Crippen MR) is 76.2 cm³/mol. The van der Waals surface area contributed by atoms with Gasteiger partial charge in [-0.2, -0.15) is 0 Å². The van der Waals surface area contributed by atoms with Crippen molar-refractivity contribution in [2.24, 2.45) is 0 Å². The van der Waals surface area contributed by atoms with E-state index in [9.17, 15) is 4.79 Å². The second-order valence-corrected chi connectivity index (χ2v) is 5.09. The van der Waals surface area contributed by atoms with E-state index in [4.69, 9.17) is 26.2 Å². The van der Waals surface area contributed by atoms with Gasteiger partial charge in [-0.25, -0.2) is 4.79 Å². The number of carboxylic acids is 1. The topological polar surface area (TPSA) is 68.7 Å². The van der Waals surface area contributed by atoms with E-state index < -0.39 is 5.97 Å². The summed E-state index contributed by atoms with van der Waals surface area (Å²) in [4.78, 5) is 14.7. The van der Waals surface area contributed by atoms with Crippen LogP contribution >= 0.6 is 11.6 Å². The average molecular weight is 306 g/mol. The number of hydrogen-bond acceptors (Lipinski definition) is 4. The number of halogens is 1. The first-order chi connectivity index (χ1) is 10.1. The lowest BCUT2D eigenvalue weighted by Gasteiger charge is -2.10. The molecule has 1 N–H and O–H groups in total. The van der Waals surface area contributed by atoms with Gasteiger partial charge in [0.05, 0.1) is 18.4 Å². The third-order valence-corrected chi connectivity index (χ3v) is 3.40. The highest BCUT2D eigenvalue weighted by atomic mass is 35.5. The molecular formula is C15H12ClNO4. The van der Waals surface area contributed by atoms with Crippen molar-refractivity contribution in [2.75, 3.05) is 6.61 Å². The van der Waals surface area contributed by atoms with E-state index in [0.717, 1.165) is 23.3 Å². The van der Waals surface area contributed by atoms with E-state index in [0.29, 0.717) is 17.4 Å². The van der Waals surface area contributed by atoms with Gasteiger partial charge in [0.1, 0.15) is 18.1 Å². The number of rotatable bonds is 4. The molecule has 1 aliphatic rings. The molecule has 3 rings (SSSR count). The van der Waals surface area contributed by atoms with Gasteiger partial charge in [-0.05, 0) is 23.8 Å². The number of carbonyl (C=O) groups is 1. The van der Waals surface area contributed by atoms with Crippen molar-refractivity contribution >= 4 is 17.6 Å². The number of aromatic nitrogens is 1. The van der Waals surface area contributed by atoms with Crippen LogP contribution in [-0.2, 0) is 13.0 Å². The Morgan fingerprint density at radius 2 is 2.24 bits per heavy atom. The quantitative estimate of drug-likeness (QED) is 0.940. The van der Waals surface area contributed by atoms with E-state index in [1.807, 2.05) is 6.07 Å². The Morgan fingerprint density at radius 1 is 1.38 bits per heavy atom. The summed E-state index contributed by atoms with van der Waals surface area (Å²) in [7, 11) is 0. The first-order valence-corrected chi connectivity index (χ1v) is 6.76. The van der Waals surface area contributed by atoms with Crippen LogP contribution < -0.4 is 9.47 Å². The molecule has 21 heavy (non-hydrogen) atoms. The van der Waals surface area contributed by atoms with Crippen molar-refractivity contribution in [3.63, 3.8) is 0 Å². The number of carboxylic acid groups (broad SMARTS) is 1. The van der Waals surface area contributed by atoms with Crippen LogP contribution in [0.15, 0.2) is 30.6 Å². The van der Waals surface area contributed by atoms with E-state index in [2.05, 4.69) is 4.98 Å². The minimum Gasteiger partial charge on any atom is -0.493 e. The van der Waals surface area contributed by atoms with Gasteiger partial charge < -0.3 is 14.6 Å². The molecule has 2 heterocycles. The zero-order valence-electron chi connectivity index (χ0n) is 11.0. The Kier molecular flexibility index (Phi) is 3.66. The van der Waals surface area contributed by atoms with Gasteiger partial charge in [0.15, 0.2) is 0 Å². The van der Waals surface area contributed by atoms with Gasteiger partial charge in [0.2, 0.25) is 0 Å². The number of benzene rings is 1. The Hall–Kier alpha value is -2.27. The van der Waals surface area contributed by atoms with Crippen LogP contribution in [0.5, 0.6) is 11.5 Å². The molecule has 1 aromatic heterocycles. The van der Waals surface area contributed by atoms with E-state index >= 15 is 0 Å². The van der Waals surface area contributed by atoms with Crippen molar-refractivity contribution in [3.8, 4) is 11.5 Å². The van der Waals surface area contributed by atoms with Gasteiger partial charge in [0, 0.05) is 23.2 Å². The maximum Gasteiger partial charge on any atom is 0.337 e. The SMILES string of the molecule is O=C(O)c1cncc(OCc2cc(Cl)cc3c2OCC3)c1. The highest BCUT2D eigenvalue weighted by Crippen LogP contribution is 2.33. The molecule has 1 aromatic carbocycles. The number of pyridine rings is 1. The lowest BCUT2D eigenvalue weighted by atomic mass is 10.1. The van der Waals surface area contributed by atoms with Crippen molar-refractivity contribution < 1.29 is 19.4 Å². The fraction of sp³-hybridized carbons (Fsp3) is 0.200. The van der Waals surface area contributed by atoms with Crippen LogP contribution in [0.3, 0.4) is 0 Å². The first kappa shape index (κ1) is 13.7. The fourth-order valence-corrected chi connectivity index (χ4v) is 2.49. The normalized spacial score (nSPS) is 12.6. The van der Waals surface area contributed by atoms with Crippen LogP contribution in [-0.4, -0.2) is 22.7 Å². The van der Waals surface area contributed by atoms with Crippen molar-refractivity contribution in [1.29, 1.82) is 0 Å². The molecule has 0 unspecified atom stereocenters. The maximum atomic E-state index is 10.9. The van der Waals surface area contributed by atoms with Crippen LogP contribution in [0.25, 0.3) is 0 Å². The minimum absolute atomic E-state index is 0.0834. The molecule has 0 saturated heterocycles. The zero-order chi connectivity index (χ0) is 14.8. The Labute approximate surface area is 126 Å². The summed E-state index contributed by atoms with van der Waals surface area (Å²) in [6.07, 6.45) is 3.58. The number of fused-ring (bicyclic) bond motifs is 1. The summed E-state index contributed by atoms with van der Waals surface area (Å²) in [5.74, 6) is 0.156. The highest BCUT2D eigenvalue weighted by Gasteiger charge is 2.18. The van der Waals surface area contributed by atoms with Crippen LogP contribution in [0.1, 0.15) is 21.5 Å². The average Bonchev–Trinajstić information content (AvgIpc) is 2.93. The Balaban J connectivity index is 1.79. The summed E-state index contributed by atoms with van der Waals surface area (Å²) in [6.45, 7) is 0.881. The van der Waals surface area contributed by atoms with Crippen LogP contribution in [0.4, 0.5) is 0 Å². The molecule has 0 saturated carbocycles. The molecule has 0 spiro atoms. The largest absolute Gasteiger partial charge is 0.493 e. The highest BCUT2D eigenvalue weighted by molar-refractivity contribution is 6.30. The zero-order valence-corrected chi connectivity index (χ0v) is 11.8. The second-order valence-electron chi connectivity index (χ2n) is 4.65. The molecule has 0 amide bonds. The Bertz CT molecular complexity index is 702. The molecule has 6 heteroatoms. The molecule has 0 radical (unpaired) electrons. The van der Waals surface area contributed by atoms with Gasteiger partial charge in [0.25, 0.3) is 0 Å². The monoisotopic (exact) mass is 305 g/mol. The van der Waals surface area contributed by atoms with E-state index in [-0.39, 0.29) is 12.2 Å². The molecule has 0 atom stereocenters. The summed E-state index contributed by atoms with van der Waals surface area (Å²) in [5.41, 5.74) is 1.99. The summed E-state index contributed by atoms with van der Waals surface area (Å²) in [5, 5.41) is 9.56. The number of nitrogens with zero attached hydrogens (tertiary/aromatic N) is 1. The van der Waals surface area contributed by atoms with Crippen molar-refractivity contribution in [1.82, 2.24) is 4.98 Å². The van der Waals surface area contributed by atoms with Crippen molar-refractivity contribution in [3.05, 3.63) is 52.3 Å². The number of aromatic carboxylic acids is 1. The molecule has 0 aliphatic carbocycles. The van der Waals surface area contributed by atoms with E-state index in [1.54, 1.807) is 6.07 Å². The molecule has 5 nitrogen and oxygen atoms in total. The lowest BCUT2D eigenvalue weighted by molar-refractivity contribution is 0.0696. The lowest BCUT2D eigenvalue weighted by Crippen LogP contribution is -2.01. The molecular weight excluding hydrogens is 294 g/mol. The fourth-order valence-electron chi connectivity index (χ4n) is 2.23. The Morgan fingerprint density at radius 3 is 3.05 bits per heavy atom. The number of ether oxygens (including phenoxy) is 2. The minimum atomic E-state index is -1.04. The molecule has 108 valence electrons. The second kappa shape index (κ2) is 5.61. The maximum absolute atomic E-state index is 10.9. The van der Waals surface area contributed by atoms with Crippen molar-refractivity contribution in [2.45, 2.75) is 13.0 Å². The third kappa shape index (κ3) is 2.92.